The summed E-state index contributed by atoms with van der Waals surface area (Å²) in [5, 5.41) is 3.04. The molecule has 1 rings (SSSR count). The number of rotatable bonds is 6. The predicted octanol–water partition coefficient (Wildman–Crippen LogP) is 2.22. The fraction of sp³-hybridized carbons (Fsp3) is 0.571. The second-order valence-corrected chi connectivity index (χ2v) is 7.28. The standard InChI is InChI=1S/C14H24N2O2S/c1-6-14(2,3)16(5)19(17,18)13-9-7-12(8-10-13)11-15-4/h7-10,15H,6,11H2,1-5H3. The van der Waals surface area contributed by atoms with E-state index in [4.69, 9.17) is 0 Å². The topological polar surface area (TPSA) is 49.4 Å². The highest BCUT2D eigenvalue weighted by Crippen LogP contribution is 2.25. The zero-order chi connectivity index (χ0) is 14.7. The van der Waals surface area contributed by atoms with Gasteiger partial charge in [-0.2, -0.15) is 4.31 Å². The molecule has 0 spiro atoms. The van der Waals surface area contributed by atoms with Crippen LogP contribution in [0.1, 0.15) is 32.8 Å². The summed E-state index contributed by atoms with van der Waals surface area (Å²) in [5.41, 5.74) is 0.682. The van der Waals surface area contributed by atoms with Crippen LogP contribution in [0.3, 0.4) is 0 Å². The monoisotopic (exact) mass is 284 g/mol. The van der Waals surface area contributed by atoms with E-state index in [1.165, 1.54) is 4.31 Å². The third-order valence-electron chi connectivity index (χ3n) is 3.68. The third kappa shape index (κ3) is 3.55. The fourth-order valence-electron chi connectivity index (χ4n) is 1.69. The maximum Gasteiger partial charge on any atom is 0.243 e. The van der Waals surface area contributed by atoms with E-state index in [1.807, 2.05) is 40.0 Å². The molecular formula is C14H24N2O2S. The van der Waals surface area contributed by atoms with Crippen molar-refractivity contribution in [3.05, 3.63) is 29.8 Å². The van der Waals surface area contributed by atoms with Gasteiger partial charge in [0.2, 0.25) is 10.0 Å². The maximum atomic E-state index is 12.5. The summed E-state index contributed by atoms with van der Waals surface area (Å²) in [6, 6.07) is 7.03. The van der Waals surface area contributed by atoms with Crippen LogP contribution in [0, 0.1) is 0 Å². The molecule has 108 valence electrons. The summed E-state index contributed by atoms with van der Waals surface area (Å²) in [4.78, 5) is 0.344. The van der Waals surface area contributed by atoms with Crippen molar-refractivity contribution < 1.29 is 8.42 Å². The van der Waals surface area contributed by atoms with Gasteiger partial charge in [0.25, 0.3) is 0 Å². The summed E-state index contributed by atoms with van der Waals surface area (Å²) >= 11 is 0. The normalized spacial score (nSPS) is 12.9. The molecule has 0 aromatic heterocycles. The molecule has 0 aliphatic rings. The van der Waals surface area contributed by atoms with E-state index in [9.17, 15) is 8.42 Å². The largest absolute Gasteiger partial charge is 0.316 e. The Balaban J connectivity index is 3.07. The minimum absolute atomic E-state index is 0.344. The van der Waals surface area contributed by atoms with E-state index in [-0.39, 0.29) is 5.54 Å². The molecule has 0 saturated carbocycles. The maximum absolute atomic E-state index is 12.5. The van der Waals surface area contributed by atoms with Crippen LogP contribution in [-0.4, -0.2) is 32.4 Å². The fourth-order valence-corrected chi connectivity index (χ4v) is 3.27. The zero-order valence-electron chi connectivity index (χ0n) is 12.4. The number of hydrogen-bond donors (Lipinski definition) is 1. The quantitative estimate of drug-likeness (QED) is 0.871. The van der Waals surface area contributed by atoms with Crippen molar-refractivity contribution in [1.29, 1.82) is 0 Å². The SMILES string of the molecule is CCC(C)(C)N(C)S(=O)(=O)c1ccc(CNC)cc1. The molecule has 0 amide bonds. The number of nitrogens with one attached hydrogen (secondary N) is 1. The zero-order valence-corrected chi connectivity index (χ0v) is 13.2. The first-order chi connectivity index (χ1) is 8.75. The summed E-state index contributed by atoms with van der Waals surface area (Å²) in [6.45, 7) is 6.58. The van der Waals surface area contributed by atoms with Gasteiger partial charge in [-0.15, -0.1) is 0 Å². The van der Waals surface area contributed by atoms with E-state index < -0.39 is 10.0 Å². The Bertz CT molecular complexity index is 507. The molecule has 1 aromatic carbocycles. The van der Waals surface area contributed by atoms with Crippen molar-refractivity contribution in [3.8, 4) is 0 Å². The molecular weight excluding hydrogens is 260 g/mol. The van der Waals surface area contributed by atoms with E-state index in [2.05, 4.69) is 5.32 Å². The summed E-state index contributed by atoms with van der Waals surface area (Å²) in [5.74, 6) is 0. The van der Waals surface area contributed by atoms with Gasteiger partial charge in [-0.05, 0) is 45.0 Å². The van der Waals surface area contributed by atoms with E-state index in [0.29, 0.717) is 4.90 Å². The molecule has 0 fully saturated rings. The van der Waals surface area contributed by atoms with Crippen molar-refractivity contribution in [2.24, 2.45) is 0 Å². The smallest absolute Gasteiger partial charge is 0.243 e. The lowest BCUT2D eigenvalue weighted by molar-refractivity contribution is 0.257. The molecule has 1 N–H and O–H groups in total. The van der Waals surface area contributed by atoms with Crippen molar-refractivity contribution in [2.45, 2.75) is 44.2 Å². The average molecular weight is 284 g/mol. The van der Waals surface area contributed by atoms with Gasteiger partial charge in [0.1, 0.15) is 0 Å². The Kier molecular flexibility index (Phi) is 5.12. The molecule has 0 bridgehead atoms. The van der Waals surface area contributed by atoms with Gasteiger partial charge in [0, 0.05) is 19.1 Å². The second kappa shape index (κ2) is 6.03. The lowest BCUT2D eigenvalue weighted by atomic mass is 10.0. The number of hydrogen-bond acceptors (Lipinski definition) is 3. The average Bonchev–Trinajstić information content (AvgIpc) is 2.39. The van der Waals surface area contributed by atoms with E-state index in [0.717, 1.165) is 18.5 Å². The summed E-state index contributed by atoms with van der Waals surface area (Å²) < 4.78 is 26.5. The van der Waals surface area contributed by atoms with Crippen LogP contribution in [0.25, 0.3) is 0 Å². The third-order valence-corrected chi connectivity index (χ3v) is 5.76. The van der Waals surface area contributed by atoms with Crippen molar-refractivity contribution in [3.63, 3.8) is 0 Å². The number of benzene rings is 1. The molecule has 0 aliphatic carbocycles. The Labute approximate surface area is 116 Å². The van der Waals surface area contributed by atoms with Crippen LogP contribution in [0.2, 0.25) is 0 Å². The van der Waals surface area contributed by atoms with Gasteiger partial charge in [-0.25, -0.2) is 8.42 Å². The highest BCUT2D eigenvalue weighted by molar-refractivity contribution is 7.89. The number of sulfonamides is 1. The molecule has 0 atom stereocenters. The molecule has 0 saturated heterocycles. The van der Waals surface area contributed by atoms with E-state index >= 15 is 0 Å². The summed E-state index contributed by atoms with van der Waals surface area (Å²) in [6.07, 6.45) is 0.764. The van der Waals surface area contributed by atoms with Crippen molar-refractivity contribution in [2.75, 3.05) is 14.1 Å². The van der Waals surface area contributed by atoms with Crippen molar-refractivity contribution >= 4 is 10.0 Å². The van der Waals surface area contributed by atoms with E-state index in [1.54, 1.807) is 19.2 Å². The molecule has 19 heavy (non-hydrogen) atoms. The minimum atomic E-state index is -3.43. The van der Waals surface area contributed by atoms with Crippen LogP contribution in [-0.2, 0) is 16.6 Å². The van der Waals surface area contributed by atoms with Crippen LogP contribution < -0.4 is 5.32 Å². The van der Waals surface area contributed by atoms with Gasteiger partial charge < -0.3 is 5.32 Å². The highest BCUT2D eigenvalue weighted by atomic mass is 32.2. The Morgan fingerprint density at radius 1 is 1.21 bits per heavy atom. The first-order valence-corrected chi connectivity index (χ1v) is 7.92. The molecule has 0 radical (unpaired) electrons. The van der Waals surface area contributed by atoms with Crippen molar-refractivity contribution in [1.82, 2.24) is 9.62 Å². The van der Waals surface area contributed by atoms with Gasteiger partial charge in [-0.1, -0.05) is 19.1 Å². The lowest BCUT2D eigenvalue weighted by Gasteiger charge is -2.33. The molecule has 1 aromatic rings. The molecule has 4 nitrogen and oxygen atoms in total. The van der Waals surface area contributed by atoms with Crippen LogP contribution in [0.15, 0.2) is 29.2 Å². The summed E-state index contributed by atoms with van der Waals surface area (Å²) in [7, 11) is 0.0750. The Morgan fingerprint density at radius 2 is 1.74 bits per heavy atom. The Morgan fingerprint density at radius 3 is 2.16 bits per heavy atom. The van der Waals surface area contributed by atoms with Crippen LogP contribution in [0.5, 0.6) is 0 Å². The van der Waals surface area contributed by atoms with Gasteiger partial charge in [-0.3, -0.25) is 0 Å². The molecule has 0 heterocycles. The molecule has 5 heteroatoms. The van der Waals surface area contributed by atoms with Gasteiger partial charge in [0.05, 0.1) is 4.90 Å². The van der Waals surface area contributed by atoms with Gasteiger partial charge >= 0.3 is 0 Å². The minimum Gasteiger partial charge on any atom is -0.316 e. The first-order valence-electron chi connectivity index (χ1n) is 6.48. The lowest BCUT2D eigenvalue weighted by Crippen LogP contribution is -2.44. The predicted molar refractivity (Wildman–Crippen MR) is 78.5 cm³/mol. The number of nitrogens with zero attached hydrogens (tertiary/aromatic N) is 1. The molecule has 0 aliphatic heterocycles. The van der Waals surface area contributed by atoms with Crippen LogP contribution >= 0.6 is 0 Å². The first kappa shape index (κ1) is 16.1. The van der Waals surface area contributed by atoms with Crippen LogP contribution in [0.4, 0.5) is 0 Å². The second-order valence-electron chi connectivity index (χ2n) is 5.31. The highest BCUT2D eigenvalue weighted by Gasteiger charge is 2.32. The van der Waals surface area contributed by atoms with Gasteiger partial charge in [0.15, 0.2) is 0 Å². The molecule has 0 unspecified atom stereocenters. The Hall–Kier alpha value is -0.910.